The Labute approximate surface area is 671 Å². The Morgan fingerprint density at radius 2 is 1.05 bits per heavy atom. The first-order valence-electron chi connectivity index (χ1n) is 36.6. The van der Waals surface area contributed by atoms with Crippen LogP contribution >= 0.6 is 11.8 Å². The topological polar surface area (TPSA) is 671 Å². The van der Waals surface area contributed by atoms with Gasteiger partial charge >= 0.3 is 23.9 Å². The molecule has 10 rings (SSSR count). The zero-order valence-electron chi connectivity index (χ0n) is 62.7. The van der Waals surface area contributed by atoms with E-state index in [1.54, 1.807) is 55.1 Å². The van der Waals surface area contributed by atoms with Crippen molar-refractivity contribution in [2.45, 2.75) is 147 Å². The molecule has 0 saturated carbocycles. The molecule has 45 heteroatoms. The Kier molecular flexibility index (Phi) is 29.8. The first-order valence-corrected chi connectivity index (χ1v) is 37.5. The number of aromatic nitrogens is 3. The van der Waals surface area contributed by atoms with Crippen LogP contribution in [0.5, 0.6) is 34.5 Å². The second-order valence-corrected chi connectivity index (χ2v) is 29.9. The molecule has 0 spiro atoms. The van der Waals surface area contributed by atoms with Gasteiger partial charge < -0.3 is 151 Å². The van der Waals surface area contributed by atoms with Gasteiger partial charge in [0.25, 0.3) is 23.6 Å². The number of hydrogen-bond acceptors (Lipinski definition) is 36. The number of ether oxygens (including phenoxy) is 8. The predicted octanol–water partition coefficient (Wildman–Crippen LogP) is -5.83. The number of carboxylic acids is 1. The molecule has 5 saturated heterocycles. The second kappa shape index (κ2) is 39.4. The third-order valence-electron chi connectivity index (χ3n) is 19.5. The van der Waals surface area contributed by atoms with Gasteiger partial charge in [-0.1, -0.05) is 35.5 Å². The molecule has 44 nitrogen and oxygen atoms in total. The van der Waals surface area contributed by atoms with Crippen LogP contribution in [0.15, 0.2) is 72.9 Å². The number of β-lactam (4-membered cyclic amide) rings is 1. The summed E-state index contributed by atoms with van der Waals surface area (Å²) in [7, 11) is 0. The van der Waals surface area contributed by atoms with Crippen LogP contribution in [0, 0.1) is 0 Å². The molecule has 118 heavy (non-hydrogen) atoms. The lowest BCUT2D eigenvalue weighted by Crippen LogP contribution is -2.71. The van der Waals surface area contributed by atoms with Crippen LogP contribution in [0.2, 0.25) is 0 Å². The Balaban J connectivity index is 0.698. The number of carbonyl (C=O) groups is 11. The molecule has 7 amide bonds. The van der Waals surface area contributed by atoms with Crippen molar-refractivity contribution in [3.05, 3.63) is 118 Å². The monoisotopic (exact) mass is 1680 g/mol. The third kappa shape index (κ3) is 20.8. The van der Waals surface area contributed by atoms with Gasteiger partial charge in [0.05, 0.1) is 81.8 Å². The lowest BCUT2D eigenvalue weighted by Gasteiger charge is -2.44. The summed E-state index contributed by atoms with van der Waals surface area (Å²) in [5.74, 6) is -19.8. The molecule has 5 fully saturated rings. The highest BCUT2D eigenvalue weighted by atomic mass is 32.2. The number of thioether (sulfide) groups is 1. The number of phenols is 6. The number of amides is 7. The zero-order valence-corrected chi connectivity index (χ0v) is 63.5. The van der Waals surface area contributed by atoms with Crippen LogP contribution in [0.4, 0.5) is 0 Å². The highest BCUT2D eigenvalue weighted by Crippen LogP contribution is 2.51. The average molecular weight is 1680 g/mol. The van der Waals surface area contributed by atoms with E-state index in [0.717, 1.165) is 36.4 Å². The highest BCUT2D eigenvalue weighted by Gasteiger charge is 2.64. The number of hydrogen-bond donors (Lipinski definition) is 21. The number of aliphatic carboxylic acids is 1. The summed E-state index contributed by atoms with van der Waals surface area (Å²) < 4.78 is 44.3. The van der Waals surface area contributed by atoms with Gasteiger partial charge in [0.2, 0.25) is 17.7 Å². The molecule has 5 aromatic rings. The normalized spacial score (nSPS) is 26.0. The number of nitrogens with zero attached hydrogens (tertiary/aromatic N) is 4. The lowest BCUT2D eigenvalue weighted by molar-refractivity contribution is -0.231. The van der Waals surface area contributed by atoms with E-state index in [9.17, 15) is 129 Å². The smallest absolute Gasteiger partial charge is 0.332 e. The van der Waals surface area contributed by atoms with E-state index in [1.807, 2.05) is 0 Å². The second-order valence-electron chi connectivity index (χ2n) is 28.1. The summed E-state index contributed by atoms with van der Waals surface area (Å²) in [4.78, 5) is 151. The van der Waals surface area contributed by atoms with Gasteiger partial charge in [-0.2, -0.15) is 0 Å². The maximum Gasteiger partial charge on any atom is 0.332 e. The molecule has 21 N–H and O–H groups in total. The number of aliphatic hydroxyl groups is 8. The molecule has 5 aliphatic heterocycles. The van der Waals surface area contributed by atoms with Crippen molar-refractivity contribution in [1.29, 1.82) is 0 Å². The number of fused-ring (bicyclic) bond motifs is 1. The first-order chi connectivity index (χ1) is 56.1. The quantitative estimate of drug-likeness (QED) is 0.00627. The summed E-state index contributed by atoms with van der Waals surface area (Å²) in [5.41, 5.74) is -2.87. The number of benzene rings is 4. The van der Waals surface area contributed by atoms with Gasteiger partial charge in [-0.05, 0) is 79.8 Å². The number of aromatic hydroxyl groups is 6. The summed E-state index contributed by atoms with van der Waals surface area (Å²) in [5, 5.41) is 179. The van der Waals surface area contributed by atoms with Gasteiger partial charge in [-0.3, -0.25) is 33.6 Å². The van der Waals surface area contributed by atoms with Crippen molar-refractivity contribution < 1.29 is 167 Å². The minimum absolute atomic E-state index is 0.0194. The molecular weight excluding hydrogens is 1590 g/mol. The van der Waals surface area contributed by atoms with Crippen molar-refractivity contribution in [3.63, 3.8) is 0 Å². The minimum atomic E-state index is -2.26. The maximum absolute atomic E-state index is 14.1. The van der Waals surface area contributed by atoms with Crippen LogP contribution < -0.4 is 31.9 Å². The fourth-order valence-electron chi connectivity index (χ4n) is 13.2. The van der Waals surface area contributed by atoms with Crippen molar-refractivity contribution in [2.75, 3.05) is 79.2 Å². The molecule has 1 aromatic heterocycles. The van der Waals surface area contributed by atoms with Crippen LogP contribution in [-0.2, 0) is 84.4 Å². The summed E-state index contributed by atoms with van der Waals surface area (Å²) in [6, 6.07) is 3.17. The third-order valence-corrected chi connectivity index (χ3v) is 21.1. The van der Waals surface area contributed by atoms with Gasteiger partial charge in [-0.15, -0.1) is 16.9 Å². The molecule has 0 unspecified atom stereocenters. The molecule has 17 atom stereocenters. The largest absolute Gasteiger partial charge is 0.504 e. The standard InChI is InChI=1S/C73H88N10O34S/c1-73(2)61(69(105)106)83-67(104)49(68(83)118-73)79-66(103)48(31-7-4-3-5-8-31)78-47(89)10-6-9-35-25-82(81-80-35)12-14-111-16-18-112-17-15-110-13-11-74-62(99)34-21-38(52(92)44(88)24-34)65(102)77-41-30-115-71(108)39(75-63(100)36-19-32(22-42(86)50(36)90)59-57(97)55(95)53(93)45(26-84)116-59)28-113-70(107)40(29-114-72(41)109)76-64(101)37-20-33(23-43(87)51(37)91)60-58(98)56(96)54(94)46(27-85)117-60/h3-5,7-8,19-25,39-41,45-46,48-49,53-61,68,84-88,90-98H,6,9-18,26-30H2,1-2H3,(H,74,99)(H,75,100)(H,76,101)(H,77,102)(H,78,89)(H,79,103)(H,105,106)/t39-,40-,41-,45+,46+,48+,49+,53+,54+,55-,56-,57+,58+,59-,60-,61-,68+/m0/s1. The van der Waals surface area contributed by atoms with Crippen LogP contribution in [0.3, 0.4) is 0 Å². The number of cyclic esters (lactones) is 3. The van der Waals surface area contributed by atoms with Gasteiger partial charge in [0, 0.05) is 29.5 Å². The predicted molar refractivity (Wildman–Crippen MR) is 392 cm³/mol. The number of aliphatic hydroxyl groups excluding tert-OH is 8. The molecule has 0 radical (unpaired) electrons. The molecule has 0 aliphatic carbocycles. The van der Waals surface area contributed by atoms with E-state index in [0.29, 0.717) is 30.6 Å². The number of esters is 3. The van der Waals surface area contributed by atoms with Crippen molar-refractivity contribution in [1.82, 2.24) is 51.8 Å². The minimum Gasteiger partial charge on any atom is -0.504 e. The number of carboxylic acid groups (broad SMARTS) is 1. The van der Waals surface area contributed by atoms with Gasteiger partial charge in [0.15, 0.2) is 52.6 Å². The Morgan fingerprint density at radius 1 is 0.585 bits per heavy atom. The Hall–Kier alpha value is -11.2. The zero-order chi connectivity index (χ0) is 85.7. The van der Waals surface area contributed by atoms with E-state index in [-0.39, 0.29) is 63.7 Å². The lowest BCUT2D eigenvalue weighted by atomic mass is 9.90. The summed E-state index contributed by atoms with van der Waals surface area (Å²) in [6.07, 6.45) is -15.7. The molecule has 6 heterocycles. The van der Waals surface area contributed by atoms with Crippen molar-refractivity contribution >= 4 is 77.0 Å². The molecule has 640 valence electrons. The maximum atomic E-state index is 14.1. The number of phenolic OH excluding ortho intramolecular Hbond substituents is 6. The van der Waals surface area contributed by atoms with E-state index in [1.165, 1.54) is 16.7 Å². The molecule has 5 aliphatic rings. The summed E-state index contributed by atoms with van der Waals surface area (Å²) in [6.45, 7) is -1.51. The van der Waals surface area contributed by atoms with E-state index in [4.69, 9.17) is 37.9 Å². The van der Waals surface area contributed by atoms with Crippen molar-refractivity contribution in [3.8, 4) is 34.5 Å². The van der Waals surface area contributed by atoms with E-state index in [2.05, 4.69) is 42.2 Å². The average Bonchev–Trinajstić information content (AvgIpc) is 1.56. The van der Waals surface area contributed by atoms with Crippen molar-refractivity contribution in [2.24, 2.45) is 0 Å². The molecule has 0 bridgehead atoms. The van der Waals surface area contributed by atoms with Crippen LogP contribution in [0.25, 0.3) is 0 Å². The highest BCUT2D eigenvalue weighted by molar-refractivity contribution is 8.01. The fourth-order valence-corrected chi connectivity index (χ4v) is 14.9. The SMILES string of the molecule is CC1(C)S[C@@H]2[C@H](NC(=O)[C@H](NC(=O)CCCc3cn(CCOCCOCCOCCNC(=O)c4cc(O)c(O)c(C(=O)N[C@H]5COC(=O)[C@@H](NC(=O)c6cc([C@@H]7O[C@H](CO)[C@@H](O)[C@H](O)[C@H]7O)cc(O)c6O)COC(=O)[C@@H](NC(=O)c6cc([C@@H]7O[C@H](CO)[C@@H](O)[C@H](O)[C@H]7O)cc(O)c6O)COC5=O)c4)nn3)c3ccccc3)C(=O)N2[C@H]1C(=O)O. The number of nitrogens with one attached hydrogen (secondary N) is 6. The molecular formula is C73H88N10O34S. The van der Waals surface area contributed by atoms with Gasteiger partial charge in [-0.25, -0.2) is 23.9 Å². The van der Waals surface area contributed by atoms with E-state index >= 15 is 0 Å². The fraction of sp³-hybridized carbons (Fsp3) is 0.493. The number of carbonyl (C=O) groups excluding carboxylic acids is 10. The Morgan fingerprint density at radius 3 is 1.53 bits per heavy atom. The van der Waals surface area contributed by atoms with Crippen LogP contribution in [-0.4, -0.2) is 330 Å². The first kappa shape index (κ1) is 89.2. The van der Waals surface area contributed by atoms with Crippen LogP contribution in [0.1, 0.15) is 109 Å². The number of rotatable bonds is 32. The summed E-state index contributed by atoms with van der Waals surface area (Å²) >= 11 is 1.28. The Bertz CT molecular complexity index is 4410. The number of aryl methyl sites for hydroxylation is 1. The van der Waals surface area contributed by atoms with E-state index < -0.39 is 262 Å². The van der Waals surface area contributed by atoms with Gasteiger partial charge in [0.1, 0.15) is 104 Å². The molecule has 4 aromatic carbocycles.